The first-order valence-electron chi connectivity index (χ1n) is 5.41. The molecule has 2 aliphatic rings. The molecule has 2 N–H and O–H groups in total. The molecule has 0 aromatic rings. The van der Waals surface area contributed by atoms with E-state index in [0.29, 0.717) is 0 Å². The normalized spacial score (nSPS) is 35.8. The van der Waals surface area contributed by atoms with E-state index in [2.05, 4.69) is 4.90 Å². The van der Waals surface area contributed by atoms with Crippen molar-refractivity contribution in [2.24, 2.45) is 5.73 Å². The molecule has 2 rings (SSSR count). The second-order valence-electron chi connectivity index (χ2n) is 4.30. The molecule has 13 heavy (non-hydrogen) atoms. The van der Waals surface area contributed by atoms with Crippen molar-refractivity contribution in [2.75, 3.05) is 32.8 Å². The van der Waals surface area contributed by atoms with Crippen LogP contribution < -0.4 is 5.73 Å². The monoisotopic (exact) mass is 184 g/mol. The SMILES string of the molecule is NCCN1CCC2(CCCCO2)C1. The molecule has 1 unspecified atom stereocenters. The number of likely N-dealkylation sites (tertiary alicyclic amines) is 1. The van der Waals surface area contributed by atoms with Gasteiger partial charge in [0.2, 0.25) is 0 Å². The van der Waals surface area contributed by atoms with Gasteiger partial charge in [-0.15, -0.1) is 0 Å². The molecule has 76 valence electrons. The van der Waals surface area contributed by atoms with Crippen LogP contribution in [0.2, 0.25) is 0 Å². The number of nitrogens with zero attached hydrogens (tertiary/aromatic N) is 1. The lowest BCUT2D eigenvalue weighted by atomic mass is 9.93. The Morgan fingerprint density at radius 1 is 1.31 bits per heavy atom. The Morgan fingerprint density at radius 2 is 2.23 bits per heavy atom. The van der Waals surface area contributed by atoms with Crippen LogP contribution in [0.4, 0.5) is 0 Å². The number of hydrogen-bond donors (Lipinski definition) is 1. The van der Waals surface area contributed by atoms with Crippen LogP contribution in [-0.2, 0) is 4.74 Å². The fraction of sp³-hybridized carbons (Fsp3) is 1.00. The lowest BCUT2D eigenvalue weighted by Gasteiger charge is -2.33. The van der Waals surface area contributed by atoms with Crippen molar-refractivity contribution in [3.05, 3.63) is 0 Å². The van der Waals surface area contributed by atoms with Gasteiger partial charge in [0.25, 0.3) is 0 Å². The highest BCUT2D eigenvalue weighted by Crippen LogP contribution is 2.33. The van der Waals surface area contributed by atoms with E-state index in [1.54, 1.807) is 0 Å². The highest BCUT2D eigenvalue weighted by Gasteiger charge is 2.39. The molecule has 0 aromatic carbocycles. The molecular weight excluding hydrogens is 164 g/mol. The van der Waals surface area contributed by atoms with Crippen molar-refractivity contribution in [2.45, 2.75) is 31.3 Å². The average molecular weight is 184 g/mol. The van der Waals surface area contributed by atoms with Crippen molar-refractivity contribution in [3.8, 4) is 0 Å². The minimum Gasteiger partial charge on any atom is -0.374 e. The van der Waals surface area contributed by atoms with E-state index in [4.69, 9.17) is 10.5 Å². The summed E-state index contributed by atoms with van der Waals surface area (Å²) < 4.78 is 5.92. The third kappa shape index (κ3) is 2.03. The van der Waals surface area contributed by atoms with Crippen LogP contribution in [0, 0.1) is 0 Å². The Kier molecular flexibility index (Phi) is 2.86. The summed E-state index contributed by atoms with van der Waals surface area (Å²) in [5.41, 5.74) is 5.76. The van der Waals surface area contributed by atoms with Crippen molar-refractivity contribution >= 4 is 0 Å². The molecule has 0 radical (unpaired) electrons. The molecule has 2 saturated heterocycles. The van der Waals surface area contributed by atoms with Crippen molar-refractivity contribution in [3.63, 3.8) is 0 Å². The first-order chi connectivity index (χ1) is 6.35. The van der Waals surface area contributed by atoms with Crippen LogP contribution in [0.25, 0.3) is 0 Å². The second-order valence-corrected chi connectivity index (χ2v) is 4.30. The summed E-state index contributed by atoms with van der Waals surface area (Å²) in [5.74, 6) is 0. The maximum atomic E-state index is 5.92. The molecule has 0 saturated carbocycles. The molecule has 2 fully saturated rings. The van der Waals surface area contributed by atoms with Gasteiger partial charge in [-0.1, -0.05) is 0 Å². The lowest BCUT2D eigenvalue weighted by molar-refractivity contribution is -0.0693. The molecule has 0 aliphatic carbocycles. The summed E-state index contributed by atoms with van der Waals surface area (Å²) in [5, 5.41) is 0. The maximum Gasteiger partial charge on any atom is 0.0820 e. The fourth-order valence-corrected chi connectivity index (χ4v) is 2.53. The quantitative estimate of drug-likeness (QED) is 0.682. The summed E-state index contributed by atoms with van der Waals surface area (Å²) in [6.07, 6.45) is 5.07. The lowest BCUT2D eigenvalue weighted by Crippen LogP contribution is -2.40. The molecule has 0 amide bonds. The summed E-state index contributed by atoms with van der Waals surface area (Å²) in [6, 6.07) is 0. The fourth-order valence-electron chi connectivity index (χ4n) is 2.53. The second kappa shape index (κ2) is 3.95. The zero-order chi connectivity index (χ0) is 9.15. The highest BCUT2D eigenvalue weighted by atomic mass is 16.5. The van der Waals surface area contributed by atoms with Gasteiger partial charge >= 0.3 is 0 Å². The van der Waals surface area contributed by atoms with Crippen LogP contribution >= 0.6 is 0 Å². The van der Waals surface area contributed by atoms with E-state index < -0.39 is 0 Å². The van der Waals surface area contributed by atoms with Crippen molar-refractivity contribution < 1.29 is 4.74 Å². The van der Waals surface area contributed by atoms with Gasteiger partial charge in [-0.3, -0.25) is 4.90 Å². The first kappa shape index (κ1) is 9.44. The van der Waals surface area contributed by atoms with Gasteiger partial charge in [-0.05, 0) is 25.7 Å². The maximum absolute atomic E-state index is 5.92. The largest absolute Gasteiger partial charge is 0.374 e. The Labute approximate surface area is 80.2 Å². The van der Waals surface area contributed by atoms with E-state index in [0.717, 1.165) is 26.2 Å². The Hall–Kier alpha value is -0.120. The zero-order valence-electron chi connectivity index (χ0n) is 8.30. The third-order valence-corrected chi connectivity index (χ3v) is 3.28. The number of ether oxygens (including phenoxy) is 1. The molecule has 3 heteroatoms. The van der Waals surface area contributed by atoms with Crippen LogP contribution in [0.5, 0.6) is 0 Å². The minimum absolute atomic E-state index is 0.216. The van der Waals surface area contributed by atoms with Gasteiger partial charge in [-0.25, -0.2) is 0 Å². The van der Waals surface area contributed by atoms with Crippen molar-refractivity contribution in [1.29, 1.82) is 0 Å². The van der Waals surface area contributed by atoms with Gasteiger partial charge in [-0.2, -0.15) is 0 Å². The number of nitrogens with two attached hydrogens (primary N) is 1. The van der Waals surface area contributed by atoms with Gasteiger partial charge in [0.05, 0.1) is 5.60 Å². The van der Waals surface area contributed by atoms with E-state index in [1.165, 1.54) is 32.2 Å². The van der Waals surface area contributed by atoms with E-state index in [-0.39, 0.29) is 5.60 Å². The van der Waals surface area contributed by atoms with Gasteiger partial charge in [0.15, 0.2) is 0 Å². The molecule has 2 heterocycles. The summed E-state index contributed by atoms with van der Waals surface area (Å²) in [4.78, 5) is 2.44. The summed E-state index contributed by atoms with van der Waals surface area (Å²) in [6.45, 7) is 5.07. The van der Waals surface area contributed by atoms with E-state index >= 15 is 0 Å². The number of hydrogen-bond acceptors (Lipinski definition) is 3. The third-order valence-electron chi connectivity index (χ3n) is 3.28. The first-order valence-corrected chi connectivity index (χ1v) is 5.41. The van der Waals surface area contributed by atoms with E-state index in [1.807, 2.05) is 0 Å². The van der Waals surface area contributed by atoms with Crippen LogP contribution in [-0.4, -0.2) is 43.3 Å². The summed E-state index contributed by atoms with van der Waals surface area (Å²) >= 11 is 0. The zero-order valence-corrected chi connectivity index (χ0v) is 8.30. The highest BCUT2D eigenvalue weighted by molar-refractivity contribution is 4.93. The molecule has 1 spiro atoms. The van der Waals surface area contributed by atoms with Gasteiger partial charge in [0.1, 0.15) is 0 Å². The molecule has 0 bridgehead atoms. The molecule has 2 aliphatic heterocycles. The average Bonchev–Trinajstić information content (AvgIpc) is 2.51. The topological polar surface area (TPSA) is 38.5 Å². The smallest absolute Gasteiger partial charge is 0.0820 e. The van der Waals surface area contributed by atoms with Crippen molar-refractivity contribution in [1.82, 2.24) is 4.90 Å². The van der Waals surface area contributed by atoms with Crippen LogP contribution in [0.15, 0.2) is 0 Å². The summed E-state index contributed by atoms with van der Waals surface area (Å²) in [7, 11) is 0. The minimum atomic E-state index is 0.216. The number of rotatable bonds is 2. The van der Waals surface area contributed by atoms with E-state index in [9.17, 15) is 0 Å². The Bertz CT molecular complexity index is 166. The molecule has 3 nitrogen and oxygen atoms in total. The molecular formula is C10H20N2O. The van der Waals surface area contributed by atoms with Gasteiger partial charge in [0, 0.05) is 32.8 Å². The predicted molar refractivity (Wildman–Crippen MR) is 52.6 cm³/mol. The van der Waals surface area contributed by atoms with Crippen LogP contribution in [0.1, 0.15) is 25.7 Å². The standard InChI is InChI=1S/C10H20N2O/c11-5-7-12-6-4-10(9-12)3-1-2-8-13-10/h1-9,11H2. The van der Waals surface area contributed by atoms with Gasteiger partial charge < -0.3 is 10.5 Å². The van der Waals surface area contributed by atoms with Crippen LogP contribution in [0.3, 0.4) is 0 Å². The molecule has 0 aromatic heterocycles. The Morgan fingerprint density at radius 3 is 2.92 bits per heavy atom. The Balaban J connectivity index is 1.87. The molecule has 1 atom stereocenters. The predicted octanol–water partition coefficient (Wildman–Crippen LogP) is 0.590.